The lowest BCUT2D eigenvalue weighted by Gasteiger charge is -2.38. The fraction of sp³-hybridized carbons (Fsp3) is 0.917. The van der Waals surface area contributed by atoms with Crippen molar-refractivity contribution in [1.82, 2.24) is 4.90 Å². The Bertz CT molecular complexity index is 222. The molecule has 0 radical (unpaired) electrons. The lowest BCUT2D eigenvalue weighted by molar-refractivity contribution is -0.140. The molecule has 0 spiro atoms. The molecule has 1 rings (SSSR count). The van der Waals surface area contributed by atoms with Gasteiger partial charge in [-0.2, -0.15) is 0 Å². The van der Waals surface area contributed by atoms with Crippen molar-refractivity contribution in [1.29, 1.82) is 0 Å². The molecule has 4 nitrogen and oxygen atoms in total. The number of nitrogens with zero attached hydrogens (tertiary/aromatic N) is 1. The summed E-state index contributed by atoms with van der Waals surface area (Å²) in [6, 6.07) is 0.356. The first-order valence-corrected chi connectivity index (χ1v) is 6.14. The van der Waals surface area contributed by atoms with Crippen molar-refractivity contribution in [3.63, 3.8) is 0 Å². The van der Waals surface area contributed by atoms with Gasteiger partial charge in [-0.25, -0.2) is 0 Å². The van der Waals surface area contributed by atoms with Crippen LogP contribution in [0.5, 0.6) is 0 Å². The monoisotopic (exact) mass is 229 g/mol. The maximum absolute atomic E-state index is 10.8. The van der Waals surface area contributed by atoms with Crippen LogP contribution in [0.4, 0.5) is 0 Å². The minimum atomic E-state index is -0.736. The summed E-state index contributed by atoms with van der Waals surface area (Å²) >= 11 is 0. The molecule has 0 amide bonds. The van der Waals surface area contributed by atoms with Gasteiger partial charge in [0.2, 0.25) is 0 Å². The Hall–Kier alpha value is -0.610. The molecular formula is C12H23NO3. The zero-order valence-corrected chi connectivity index (χ0v) is 10.5. The standard InChI is InChI=1S/C12H23NO3/c1-4-5-13(8-12(14)15)11-6-9(2)16-10(3)7-11/h9-11H,4-8H2,1-3H3,(H,14,15). The number of carbonyl (C=O) groups is 1. The van der Waals surface area contributed by atoms with Crippen molar-refractivity contribution in [3.8, 4) is 0 Å². The highest BCUT2D eigenvalue weighted by atomic mass is 16.5. The van der Waals surface area contributed by atoms with Gasteiger partial charge in [-0.15, -0.1) is 0 Å². The first-order chi connectivity index (χ1) is 7.52. The predicted molar refractivity (Wildman–Crippen MR) is 62.5 cm³/mol. The fourth-order valence-electron chi connectivity index (χ4n) is 2.52. The lowest BCUT2D eigenvalue weighted by atomic mass is 9.98. The van der Waals surface area contributed by atoms with Crippen LogP contribution in [0.2, 0.25) is 0 Å². The van der Waals surface area contributed by atoms with Crippen LogP contribution in [0.3, 0.4) is 0 Å². The van der Waals surface area contributed by atoms with Crippen molar-refractivity contribution >= 4 is 5.97 Å². The third kappa shape index (κ3) is 4.10. The summed E-state index contributed by atoms with van der Waals surface area (Å²) in [4.78, 5) is 12.9. The van der Waals surface area contributed by atoms with Gasteiger partial charge in [0.1, 0.15) is 0 Å². The number of ether oxygens (including phenoxy) is 1. The lowest BCUT2D eigenvalue weighted by Crippen LogP contribution is -2.46. The van der Waals surface area contributed by atoms with Crippen LogP contribution in [0.1, 0.15) is 40.0 Å². The van der Waals surface area contributed by atoms with E-state index in [1.807, 2.05) is 0 Å². The maximum atomic E-state index is 10.8. The van der Waals surface area contributed by atoms with Gasteiger partial charge in [0, 0.05) is 6.04 Å². The Labute approximate surface area is 97.6 Å². The van der Waals surface area contributed by atoms with E-state index in [1.54, 1.807) is 0 Å². The fourth-order valence-corrected chi connectivity index (χ4v) is 2.52. The Morgan fingerprint density at radius 2 is 1.94 bits per heavy atom. The SMILES string of the molecule is CCCN(CC(=O)O)C1CC(C)OC(C)C1. The predicted octanol–water partition coefficient (Wildman–Crippen LogP) is 1.74. The van der Waals surface area contributed by atoms with E-state index in [4.69, 9.17) is 9.84 Å². The van der Waals surface area contributed by atoms with Crippen molar-refractivity contribution in [3.05, 3.63) is 0 Å². The summed E-state index contributed by atoms with van der Waals surface area (Å²) in [5.74, 6) is -0.736. The number of aliphatic carboxylic acids is 1. The highest BCUT2D eigenvalue weighted by Crippen LogP contribution is 2.23. The summed E-state index contributed by atoms with van der Waals surface area (Å²) in [6.45, 7) is 7.22. The number of carboxylic acids is 1. The van der Waals surface area contributed by atoms with E-state index in [2.05, 4.69) is 25.7 Å². The topological polar surface area (TPSA) is 49.8 Å². The molecule has 1 fully saturated rings. The van der Waals surface area contributed by atoms with E-state index in [0.717, 1.165) is 25.8 Å². The molecular weight excluding hydrogens is 206 g/mol. The average Bonchev–Trinajstić information content (AvgIpc) is 2.14. The third-order valence-corrected chi connectivity index (χ3v) is 3.04. The minimum Gasteiger partial charge on any atom is -0.480 e. The van der Waals surface area contributed by atoms with E-state index in [0.29, 0.717) is 6.04 Å². The van der Waals surface area contributed by atoms with Gasteiger partial charge in [0.15, 0.2) is 0 Å². The van der Waals surface area contributed by atoms with E-state index < -0.39 is 5.97 Å². The Morgan fingerprint density at radius 1 is 1.38 bits per heavy atom. The molecule has 1 N–H and O–H groups in total. The highest BCUT2D eigenvalue weighted by Gasteiger charge is 2.29. The molecule has 0 aliphatic carbocycles. The number of hydrogen-bond acceptors (Lipinski definition) is 3. The van der Waals surface area contributed by atoms with Crippen molar-refractivity contribution in [2.24, 2.45) is 0 Å². The first-order valence-electron chi connectivity index (χ1n) is 6.14. The van der Waals surface area contributed by atoms with Crippen LogP contribution in [0.25, 0.3) is 0 Å². The number of hydrogen-bond donors (Lipinski definition) is 1. The largest absolute Gasteiger partial charge is 0.480 e. The highest BCUT2D eigenvalue weighted by molar-refractivity contribution is 5.69. The second-order valence-electron chi connectivity index (χ2n) is 4.75. The second kappa shape index (κ2) is 6.21. The van der Waals surface area contributed by atoms with Gasteiger partial charge in [-0.3, -0.25) is 9.69 Å². The quantitative estimate of drug-likeness (QED) is 0.780. The van der Waals surface area contributed by atoms with E-state index in [9.17, 15) is 4.79 Å². The van der Waals surface area contributed by atoms with Crippen molar-refractivity contribution in [2.75, 3.05) is 13.1 Å². The first kappa shape index (κ1) is 13.5. The second-order valence-corrected chi connectivity index (χ2v) is 4.75. The van der Waals surface area contributed by atoms with E-state index in [-0.39, 0.29) is 18.8 Å². The Balaban J connectivity index is 2.57. The summed E-state index contributed by atoms with van der Waals surface area (Å²) in [6.07, 6.45) is 3.35. The smallest absolute Gasteiger partial charge is 0.317 e. The molecule has 2 unspecified atom stereocenters. The Morgan fingerprint density at radius 3 is 2.38 bits per heavy atom. The molecule has 0 aromatic carbocycles. The van der Waals surface area contributed by atoms with Crippen molar-refractivity contribution in [2.45, 2.75) is 58.3 Å². The maximum Gasteiger partial charge on any atom is 0.317 e. The molecule has 0 aromatic heterocycles. The third-order valence-electron chi connectivity index (χ3n) is 3.04. The van der Waals surface area contributed by atoms with Crippen LogP contribution < -0.4 is 0 Å². The molecule has 0 bridgehead atoms. The number of rotatable bonds is 5. The van der Waals surface area contributed by atoms with Gasteiger partial charge in [-0.1, -0.05) is 6.92 Å². The molecule has 0 saturated carbocycles. The molecule has 1 aliphatic heterocycles. The molecule has 4 heteroatoms. The molecule has 16 heavy (non-hydrogen) atoms. The summed E-state index contributed by atoms with van der Waals surface area (Å²) < 4.78 is 5.68. The minimum absolute atomic E-state index is 0.151. The van der Waals surface area contributed by atoms with Crippen LogP contribution in [-0.4, -0.2) is 47.3 Å². The Kier molecular flexibility index (Phi) is 5.22. The van der Waals surface area contributed by atoms with Gasteiger partial charge in [0.25, 0.3) is 0 Å². The normalized spacial score (nSPS) is 30.6. The van der Waals surface area contributed by atoms with Gasteiger partial charge < -0.3 is 9.84 Å². The average molecular weight is 229 g/mol. The van der Waals surface area contributed by atoms with Crippen LogP contribution in [-0.2, 0) is 9.53 Å². The van der Waals surface area contributed by atoms with Crippen LogP contribution in [0.15, 0.2) is 0 Å². The molecule has 1 aliphatic rings. The summed E-state index contributed by atoms with van der Waals surface area (Å²) in [5, 5.41) is 8.90. The van der Waals surface area contributed by atoms with E-state index in [1.165, 1.54) is 0 Å². The summed E-state index contributed by atoms with van der Waals surface area (Å²) in [7, 11) is 0. The zero-order chi connectivity index (χ0) is 12.1. The van der Waals surface area contributed by atoms with Crippen molar-refractivity contribution < 1.29 is 14.6 Å². The molecule has 0 aromatic rings. The molecule has 2 atom stereocenters. The van der Waals surface area contributed by atoms with Crippen LogP contribution >= 0.6 is 0 Å². The van der Waals surface area contributed by atoms with Gasteiger partial charge in [0.05, 0.1) is 18.8 Å². The zero-order valence-electron chi connectivity index (χ0n) is 10.5. The van der Waals surface area contributed by atoms with Gasteiger partial charge >= 0.3 is 5.97 Å². The molecule has 94 valence electrons. The number of carboxylic acid groups (broad SMARTS) is 1. The van der Waals surface area contributed by atoms with Crippen LogP contribution in [0, 0.1) is 0 Å². The van der Waals surface area contributed by atoms with Gasteiger partial charge in [-0.05, 0) is 39.7 Å². The summed E-state index contributed by atoms with van der Waals surface area (Å²) in [5.41, 5.74) is 0. The molecule has 1 heterocycles. The van der Waals surface area contributed by atoms with E-state index >= 15 is 0 Å². The molecule has 1 saturated heterocycles.